The Morgan fingerprint density at radius 2 is 2.25 bits per heavy atom. The van der Waals surface area contributed by atoms with Crippen molar-refractivity contribution in [3.05, 3.63) is 22.7 Å². The minimum Gasteiger partial charge on any atom is -0.493 e. The number of methoxy groups -OCH3 is 1. The highest BCUT2D eigenvalue weighted by Crippen LogP contribution is 2.36. The van der Waals surface area contributed by atoms with Crippen LogP contribution in [0.4, 0.5) is 0 Å². The van der Waals surface area contributed by atoms with Gasteiger partial charge in [0.15, 0.2) is 11.5 Å². The van der Waals surface area contributed by atoms with E-state index >= 15 is 0 Å². The van der Waals surface area contributed by atoms with E-state index in [0.29, 0.717) is 29.2 Å². The fourth-order valence-electron chi connectivity index (χ4n) is 2.56. The van der Waals surface area contributed by atoms with E-state index in [1.165, 1.54) is 0 Å². The molecule has 4 nitrogen and oxygen atoms in total. The highest BCUT2D eigenvalue weighted by molar-refractivity contribution is 6.32. The summed E-state index contributed by atoms with van der Waals surface area (Å²) in [6.45, 7) is 8.73. The molecule has 1 N–H and O–H groups in total. The fourth-order valence-corrected chi connectivity index (χ4v) is 2.85. The van der Waals surface area contributed by atoms with Gasteiger partial charge in [-0.15, -0.1) is 0 Å². The average Bonchev–Trinajstić information content (AvgIpc) is 2.41. The topological polar surface area (TPSA) is 33.7 Å². The molecule has 0 unspecified atom stereocenters. The van der Waals surface area contributed by atoms with Crippen LogP contribution >= 0.6 is 11.6 Å². The SMILES string of the molecule is CCOc1c(Cl)cc(CN2CCN[C@@H](C)C2)cc1OC. The minimum atomic E-state index is 0.531. The largest absolute Gasteiger partial charge is 0.493 e. The Hall–Kier alpha value is -0.970. The van der Waals surface area contributed by atoms with E-state index < -0.39 is 0 Å². The second-order valence-electron chi connectivity index (χ2n) is 5.13. The van der Waals surface area contributed by atoms with E-state index in [-0.39, 0.29) is 0 Å². The van der Waals surface area contributed by atoms with Crippen LogP contribution in [0, 0.1) is 0 Å². The van der Waals surface area contributed by atoms with Crippen LogP contribution in [0.5, 0.6) is 11.5 Å². The number of nitrogens with zero attached hydrogens (tertiary/aromatic N) is 1. The molecule has 20 heavy (non-hydrogen) atoms. The highest BCUT2D eigenvalue weighted by atomic mass is 35.5. The molecule has 0 amide bonds. The number of halogens is 1. The molecule has 5 heteroatoms. The van der Waals surface area contributed by atoms with Crippen LogP contribution in [-0.2, 0) is 6.54 Å². The van der Waals surface area contributed by atoms with Gasteiger partial charge in [-0.05, 0) is 31.5 Å². The molecule has 1 aromatic carbocycles. The summed E-state index contributed by atoms with van der Waals surface area (Å²) in [6, 6.07) is 4.52. The molecule has 1 heterocycles. The maximum atomic E-state index is 6.30. The maximum Gasteiger partial charge on any atom is 0.179 e. The second-order valence-corrected chi connectivity index (χ2v) is 5.54. The maximum absolute atomic E-state index is 6.30. The van der Waals surface area contributed by atoms with Gasteiger partial charge in [0.1, 0.15) is 0 Å². The van der Waals surface area contributed by atoms with Crippen molar-refractivity contribution in [1.82, 2.24) is 10.2 Å². The average molecular weight is 299 g/mol. The third-order valence-electron chi connectivity index (χ3n) is 3.44. The van der Waals surface area contributed by atoms with Gasteiger partial charge in [0.2, 0.25) is 0 Å². The first-order chi connectivity index (χ1) is 9.63. The van der Waals surface area contributed by atoms with E-state index in [2.05, 4.69) is 17.1 Å². The van der Waals surface area contributed by atoms with Gasteiger partial charge >= 0.3 is 0 Å². The van der Waals surface area contributed by atoms with Crippen molar-refractivity contribution in [1.29, 1.82) is 0 Å². The molecule has 1 aromatic rings. The minimum absolute atomic E-state index is 0.531. The summed E-state index contributed by atoms with van der Waals surface area (Å²) in [5, 5.41) is 4.06. The monoisotopic (exact) mass is 298 g/mol. The molecular weight excluding hydrogens is 276 g/mol. The molecule has 1 aliphatic heterocycles. The number of nitrogens with one attached hydrogen (secondary N) is 1. The molecule has 1 aliphatic rings. The lowest BCUT2D eigenvalue weighted by Gasteiger charge is -2.32. The molecule has 0 aromatic heterocycles. The van der Waals surface area contributed by atoms with Gasteiger partial charge in [0.25, 0.3) is 0 Å². The first-order valence-corrected chi connectivity index (χ1v) is 7.46. The predicted octanol–water partition coefficient (Wildman–Crippen LogP) is 2.54. The summed E-state index contributed by atoms with van der Waals surface area (Å²) in [7, 11) is 1.64. The Kier molecular flexibility index (Phi) is 5.52. The summed E-state index contributed by atoms with van der Waals surface area (Å²) in [5.41, 5.74) is 1.16. The lowest BCUT2D eigenvalue weighted by atomic mass is 10.1. The Morgan fingerprint density at radius 3 is 2.90 bits per heavy atom. The van der Waals surface area contributed by atoms with Crippen molar-refractivity contribution in [2.45, 2.75) is 26.4 Å². The summed E-state index contributed by atoms with van der Waals surface area (Å²) in [4.78, 5) is 2.42. The smallest absolute Gasteiger partial charge is 0.179 e. The van der Waals surface area contributed by atoms with Crippen LogP contribution in [0.2, 0.25) is 5.02 Å². The predicted molar refractivity (Wildman–Crippen MR) is 81.9 cm³/mol. The molecular formula is C15H23ClN2O2. The van der Waals surface area contributed by atoms with Gasteiger partial charge in [0.05, 0.1) is 18.7 Å². The molecule has 0 bridgehead atoms. The van der Waals surface area contributed by atoms with Crippen LogP contribution in [0.15, 0.2) is 12.1 Å². The van der Waals surface area contributed by atoms with Crippen molar-refractivity contribution in [2.75, 3.05) is 33.4 Å². The normalized spacial score (nSPS) is 19.9. The fraction of sp³-hybridized carbons (Fsp3) is 0.600. The van der Waals surface area contributed by atoms with Gasteiger partial charge in [-0.2, -0.15) is 0 Å². The molecule has 0 saturated carbocycles. The first-order valence-electron chi connectivity index (χ1n) is 7.09. The van der Waals surface area contributed by atoms with E-state index in [1.807, 2.05) is 19.1 Å². The molecule has 0 aliphatic carbocycles. The van der Waals surface area contributed by atoms with Gasteiger partial charge in [0, 0.05) is 32.2 Å². The van der Waals surface area contributed by atoms with E-state index in [0.717, 1.165) is 31.7 Å². The Bertz CT molecular complexity index is 454. The number of hydrogen-bond donors (Lipinski definition) is 1. The molecule has 2 rings (SSSR count). The standard InChI is InChI=1S/C15H23ClN2O2/c1-4-20-15-13(16)7-12(8-14(15)19-3)10-18-6-5-17-11(2)9-18/h7-8,11,17H,4-6,9-10H2,1-3H3/t11-/m0/s1. The van der Waals surface area contributed by atoms with Crippen LogP contribution < -0.4 is 14.8 Å². The van der Waals surface area contributed by atoms with Gasteiger partial charge < -0.3 is 14.8 Å². The quantitative estimate of drug-likeness (QED) is 0.906. The number of rotatable bonds is 5. The molecule has 0 spiro atoms. The molecule has 112 valence electrons. The number of ether oxygens (including phenoxy) is 2. The number of hydrogen-bond acceptors (Lipinski definition) is 4. The number of piperazine rings is 1. The third kappa shape index (κ3) is 3.78. The molecule has 1 saturated heterocycles. The zero-order valence-electron chi connectivity index (χ0n) is 12.4. The van der Waals surface area contributed by atoms with Gasteiger partial charge in [-0.25, -0.2) is 0 Å². The summed E-state index contributed by atoms with van der Waals surface area (Å²) < 4.78 is 10.9. The Labute approximate surface area is 126 Å². The van der Waals surface area contributed by atoms with Gasteiger partial charge in [-0.3, -0.25) is 4.90 Å². The Morgan fingerprint density at radius 1 is 1.45 bits per heavy atom. The van der Waals surface area contributed by atoms with Crippen molar-refractivity contribution in [3.8, 4) is 11.5 Å². The van der Waals surface area contributed by atoms with Crippen molar-refractivity contribution >= 4 is 11.6 Å². The van der Waals surface area contributed by atoms with E-state index in [1.54, 1.807) is 7.11 Å². The molecule has 1 atom stereocenters. The third-order valence-corrected chi connectivity index (χ3v) is 3.72. The zero-order valence-corrected chi connectivity index (χ0v) is 13.2. The van der Waals surface area contributed by atoms with E-state index in [9.17, 15) is 0 Å². The molecule has 1 fully saturated rings. The van der Waals surface area contributed by atoms with Crippen LogP contribution in [-0.4, -0.2) is 44.3 Å². The van der Waals surface area contributed by atoms with Crippen LogP contribution in [0.25, 0.3) is 0 Å². The molecule has 0 radical (unpaired) electrons. The number of benzene rings is 1. The van der Waals surface area contributed by atoms with Crippen molar-refractivity contribution < 1.29 is 9.47 Å². The lowest BCUT2D eigenvalue weighted by Crippen LogP contribution is -2.48. The van der Waals surface area contributed by atoms with Crippen molar-refractivity contribution in [3.63, 3.8) is 0 Å². The Balaban J connectivity index is 2.14. The van der Waals surface area contributed by atoms with Crippen molar-refractivity contribution in [2.24, 2.45) is 0 Å². The summed E-state index contributed by atoms with van der Waals surface area (Å²) >= 11 is 6.30. The van der Waals surface area contributed by atoms with Gasteiger partial charge in [-0.1, -0.05) is 11.6 Å². The summed E-state index contributed by atoms with van der Waals surface area (Å²) in [5.74, 6) is 1.34. The zero-order chi connectivity index (χ0) is 14.5. The van der Waals surface area contributed by atoms with Crippen LogP contribution in [0.3, 0.4) is 0 Å². The van der Waals surface area contributed by atoms with E-state index in [4.69, 9.17) is 21.1 Å². The summed E-state index contributed by atoms with van der Waals surface area (Å²) in [6.07, 6.45) is 0. The first kappa shape index (κ1) is 15.4. The highest BCUT2D eigenvalue weighted by Gasteiger charge is 2.17. The van der Waals surface area contributed by atoms with Crippen LogP contribution in [0.1, 0.15) is 19.4 Å². The lowest BCUT2D eigenvalue weighted by molar-refractivity contribution is 0.199. The second kappa shape index (κ2) is 7.16.